The Morgan fingerprint density at radius 3 is 2.27 bits per heavy atom. The van der Waals surface area contributed by atoms with Crippen molar-refractivity contribution in [1.29, 1.82) is 0 Å². The summed E-state index contributed by atoms with van der Waals surface area (Å²) in [7, 11) is 8.34. The van der Waals surface area contributed by atoms with E-state index in [9.17, 15) is 0 Å². The van der Waals surface area contributed by atoms with Crippen molar-refractivity contribution in [3.8, 4) is 0 Å². The number of aliphatic imine (C=N–C) groups is 1. The number of guanidine groups is 1. The molecule has 0 unspecified atom stereocenters. The van der Waals surface area contributed by atoms with Gasteiger partial charge in [0.05, 0.1) is 0 Å². The van der Waals surface area contributed by atoms with Crippen LogP contribution in [-0.2, 0) is 13.4 Å². The zero-order valence-electron chi connectivity index (χ0n) is 14.2. The van der Waals surface area contributed by atoms with E-state index in [0.717, 1.165) is 12.1 Å². The fraction of sp³-hybridized carbons (Fsp3) is 0.867. The molecule has 0 aromatic heterocycles. The van der Waals surface area contributed by atoms with Crippen molar-refractivity contribution >= 4 is 34.3 Å². The summed E-state index contributed by atoms with van der Waals surface area (Å²) in [6.07, 6.45) is 8.47. The molecule has 0 N–H and O–H groups in total. The fourth-order valence-electron chi connectivity index (χ4n) is 4.03. The molecule has 1 aliphatic carbocycles. The summed E-state index contributed by atoms with van der Waals surface area (Å²) in [4.78, 5) is 7.43. The summed E-state index contributed by atoms with van der Waals surface area (Å²) in [5, 5.41) is 0. The third kappa shape index (κ3) is 4.80. The fourth-order valence-corrected chi connectivity index (χ4v) is 7.75. The van der Waals surface area contributed by atoms with Crippen LogP contribution in [0.15, 0.2) is 4.99 Å². The molecule has 22 heavy (non-hydrogen) atoms. The van der Waals surface area contributed by atoms with Crippen LogP contribution in [0.25, 0.3) is 0 Å². The molecule has 0 atom stereocenters. The van der Waals surface area contributed by atoms with Crippen LogP contribution in [0.5, 0.6) is 0 Å². The van der Waals surface area contributed by atoms with Crippen LogP contribution in [0.2, 0.25) is 18.6 Å². The Morgan fingerprint density at radius 2 is 1.64 bits per heavy atom. The van der Waals surface area contributed by atoms with Crippen molar-refractivity contribution < 1.29 is 13.4 Å². The van der Waals surface area contributed by atoms with Gasteiger partial charge in [0.1, 0.15) is 0 Å². The van der Waals surface area contributed by atoms with E-state index in [1.54, 1.807) is 0 Å². The van der Waals surface area contributed by atoms with Gasteiger partial charge in [-0.15, -0.1) is 0 Å². The Bertz CT molecular complexity index is 363. The van der Waals surface area contributed by atoms with Crippen LogP contribution in [0.4, 0.5) is 0 Å². The molecule has 3 aliphatic rings. The number of nitrogens with zero attached hydrogens (tertiary/aromatic N) is 3. The first-order valence-corrected chi connectivity index (χ1v) is 14.6. The van der Waals surface area contributed by atoms with Crippen molar-refractivity contribution in [3.63, 3.8) is 0 Å². The van der Waals surface area contributed by atoms with Crippen molar-refractivity contribution in [2.24, 2.45) is 4.99 Å². The Labute approximate surface area is 152 Å². The molecule has 3 nitrogen and oxygen atoms in total. The molecule has 1 saturated heterocycles. The van der Waals surface area contributed by atoms with Gasteiger partial charge in [-0.25, -0.2) is 0 Å². The normalized spacial score (nSPS) is 22.3. The van der Waals surface area contributed by atoms with Crippen LogP contribution in [0, 0.1) is 7.43 Å². The first-order valence-electron chi connectivity index (χ1n) is 8.07. The van der Waals surface area contributed by atoms with Gasteiger partial charge in [-0.3, -0.25) is 4.99 Å². The van der Waals surface area contributed by atoms with E-state index in [4.69, 9.17) is 25.1 Å². The Balaban J connectivity index is 0.000000562. The quantitative estimate of drug-likeness (QED) is 0.490. The van der Waals surface area contributed by atoms with Gasteiger partial charge in [0, 0.05) is 26.2 Å². The van der Waals surface area contributed by atoms with Crippen LogP contribution in [0.1, 0.15) is 38.5 Å². The first kappa shape index (κ1) is 20.6. The van der Waals surface area contributed by atoms with Crippen LogP contribution >= 0.6 is 20.1 Å². The maximum absolute atomic E-state index is 4.87. The Kier molecular flexibility index (Phi) is 9.19. The van der Waals surface area contributed by atoms with Crippen molar-refractivity contribution in [2.45, 2.75) is 57.2 Å². The predicted octanol–water partition coefficient (Wildman–Crippen LogP) is 4.73. The molecule has 2 fully saturated rings. The van der Waals surface area contributed by atoms with Crippen LogP contribution < -0.4 is 0 Å². The summed E-state index contributed by atoms with van der Waals surface area (Å²) < 4.78 is 2.77. The van der Waals surface area contributed by atoms with E-state index in [1.807, 2.05) is 0 Å². The molecule has 0 amide bonds. The van der Waals surface area contributed by atoms with E-state index >= 15 is 0 Å². The zero-order chi connectivity index (χ0) is 15.3. The van der Waals surface area contributed by atoms with E-state index in [2.05, 4.69) is 22.6 Å². The standard InChI is InChI=1S/C14H27N3Si.CH3.2ClH.Cr/c1-18(2,13-7-3-4-8-13)17-12-6-11-16-10-5-9-15-14(16)17;;;;/h13H,3-12H2,1-2H3;1H3;2*1H;/q;-1;;;+2/p-2. The number of fused-ring (bicyclic) bond motifs is 1. The summed E-state index contributed by atoms with van der Waals surface area (Å²) in [5.41, 5.74) is 1.00. The average Bonchev–Trinajstić information content (AvgIpc) is 3.02. The van der Waals surface area contributed by atoms with Gasteiger partial charge in [0.25, 0.3) is 0 Å². The monoisotopic (exact) mass is 402 g/mol. The molecule has 2 aliphatic heterocycles. The summed E-state index contributed by atoms with van der Waals surface area (Å²) >= 11 is -0.181. The topological polar surface area (TPSA) is 18.8 Å². The molecule has 1 saturated carbocycles. The Morgan fingerprint density at radius 1 is 1.05 bits per heavy atom. The second kappa shape index (κ2) is 9.79. The van der Waals surface area contributed by atoms with Gasteiger partial charge in [0.2, 0.25) is 0 Å². The molecule has 130 valence electrons. The van der Waals surface area contributed by atoms with Gasteiger partial charge in [-0.1, -0.05) is 38.8 Å². The van der Waals surface area contributed by atoms with Crippen LogP contribution in [-0.4, -0.2) is 49.8 Å². The number of halogens is 2. The first-order chi connectivity index (χ1) is 10.1. The molecule has 0 spiro atoms. The SMILES string of the molecule is C[Si](C)(C1CCCC1)N1CCCN2CCCN=C21.[CH3-].[Cl][Cr][Cl]. The molecular weight excluding hydrogens is 373 g/mol. The van der Waals surface area contributed by atoms with Gasteiger partial charge in [-0.2, -0.15) is 0 Å². The third-order valence-corrected chi connectivity index (χ3v) is 9.61. The van der Waals surface area contributed by atoms with E-state index in [0.29, 0.717) is 0 Å². The molecule has 3 rings (SSSR count). The number of rotatable bonds is 2. The van der Waals surface area contributed by atoms with E-state index in [1.165, 1.54) is 64.1 Å². The maximum atomic E-state index is 4.87. The van der Waals surface area contributed by atoms with Crippen LogP contribution in [0.3, 0.4) is 0 Å². The summed E-state index contributed by atoms with van der Waals surface area (Å²) in [5.74, 6) is 1.37. The van der Waals surface area contributed by atoms with E-state index < -0.39 is 8.24 Å². The molecule has 0 aromatic carbocycles. The zero-order valence-corrected chi connectivity index (χ0v) is 17.9. The minimum atomic E-state index is -1.32. The number of hydrogen-bond acceptors (Lipinski definition) is 3. The molecule has 7 heteroatoms. The molecule has 2 heterocycles. The number of hydrogen-bond donors (Lipinski definition) is 0. The molecule has 0 bridgehead atoms. The average molecular weight is 403 g/mol. The van der Waals surface area contributed by atoms with Gasteiger partial charge < -0.3 is 16.9 Å². The van der Waals surface area contributed by atoms with Crippen molar-refractivity contribution in [1.82, 2.24) is 9.47 Å². The van der Waals surface area contributed by atoms with Gasteiger partial charge >= 0.3 is 33.5 Å². The summed E-state index contributed by atoms with van der Waals surface area (Å²) in [6.45, 7) is 9.98. The Hall–Kier alpha value is 0.599. The minimum absolute atomic E-state index is 0. The second-order valence-corrected chi connectivity index (χ2v) is 13.5. The summed E-state index contributed by atoms with van der Waals surface area (Å²) in [6, 6.07) is 0. The van der Waals surface area contributed by atoms with Gasteiger partial charge in [0.15, 0.2) is 14.2 Å². The predicted molar refractivity (Wildman–Crippen MR) is 97.6 cm³/mol. The van der Waals surface area contributed by atoms with Crippen molar-refractivity contribution in [3.05, 3.63) is 7.43 Å². The van der Waals surface area contributed by atoms with Gasteiger partial charge in [-0.05, 0) is 18.4 Å². The molecule has 0 aromatic rings. The second-order valence-electron chi connectivity index (χ2n) is 6.72. The van der Waals surface area contributed by atoms with E-state index in [-0.39, 0.29) is 20.8 Å². The molecular formula is C15H30Cl2CrN3Si-. The molecule has 0 radical (unpaired) electrons. The third-order valence-electron chi connectivity index (χ3n) is 5.22. The van der Waals surface area contributed by atoms with Crippen molar-refractivity contribution in [2.75, 3.05) is 26.2 Å².